The number of aryl methyl sites for hydroxylation is 1. The van der Waals surface area contributed by atoms with E-state index in [0.717, 1.165) is 27.0 Å². The molecular formula is C22H17N3O3S. The van der Waals surface area contributed by atoms with Crippen LogP contribution < -0.4 is 10.1 Å². The van der Waals surface area contributed by atoms with Crippen molar-refractivity contribution in [3.63, 3.8) is 0 Å². The number of rotatable bonds is 6. The summed E-state index contributed by atoms with van der Waals surface area (Å²) in [4.78, 5) is 19.9. The van der Waals surface area contributed by atoms with Gasteiger partial charge < -0.3 is 15.2 Å². The van der Waals surface area contributed by atoms with Crippen molar-refractivity contribution < 1.29 is 14.6 Å². The van der Waals surface area contributed by atoms with Gasteiger partial charge in [0.05, 0.1) is 10.6 Å². The number of aromatic carboxylic acids is 1. The molecule has 29 heavy (non-hydrogen) atoms. The zero-order valence-corrected chi connectivity index (χ0v) is 16.3. The first-order valence-corrected chi connectivity index (χ1v) is 9.67. The van der Waals surface area contributed by atoms with E-state index in [0.29, 0.717) is 11.6 Å². The Morgan fingerprint density at radius 2 is 1.83 bits per heavy atom. The summed E-state index contributed by atoms with van der Waals surface area (Å²) >= 11 is 1.49. The van der Waals surface area contributed by atoms with E-state index in [1.54, 1.807) is 30.5 Å². The van der Waals surface area contributed by atoms with Crippen LogP contribution in [0.1, 0.15) is 15.4 Å². The number of nitrogens with one attached hydrogen (secondary N) is 1. The van der Waals surface area contributed by atoms with Gasteiger partial charge >= 0.3 is 5.97 Å². The van der Waals surface area contributed by atoms with Crippen LogP contribution in [0.2, 0.25) is 0 Å². The van der Waals surface area contributed by atoms with Crippen LogP contribution >= 0.6 is 11.3 Å². The molecule has 0 atom stereocenters. The average molecular weight is 403 g/mol. The summed E-state index contributed by atoms with van der Waals surface area (Å²) in [6.45, 7) is 1.95. The molecule has 4 rings (SSSR count). The molecule has 2 heterocycles. The van der Waals surface area contributed by atoms with Crippen molar-refractivity contribution in [2.75, 3.05) is 5.32 Å². The molecule has 7 heteroatoms. The predicted molar refractivity (Wildman–Crippen MR) is 113 cm³/mol. The largest absolute Gasteiger partial charge is 0.478 e. The number of hydrogen-bond acceptors (Lipinski definition) is 6. The molecule has 0 amide bonds. The molecule has 0 radical (unpaired) electrons. The number of carboxylic acids is 1. The molecular weight excluding hydrogens is 386 g/mol. The minimum Gasteiger partial charge on any atom is -0.478 e. The van der Waals surface area contributed by atoms with Gasteiger partial charge in [-0.3, -0.25) is 0 Å². The first-order valence-electron chi connectivity index (χ1n) is 8.85. The normalized spacial score (nSPS) is 10.5. The van der Waals surface area contributed by atoms with Crippen LogP contribution in [0.15, 0.2) is 72.9 Å². The van der Waals surface area contributed by atoms with Crippen LogP contribution in [-0.4, -0.2) is 21.0 Å². The third-order valence-corrected chi connectivity index (χ3v) is 4.95. The summed E-state index contributed by atoms with van der Waals surface area (Å²) < 4.78 is 6.11. The molecule has 0 aliphatic heterocycles. The standard InChI is InChI=1S/C22H17N3O3S/c1-14-24-20(15-5-3-2-4-6-15)22(29-14)28-18-11-12-23-19(13-18)25-17-9-7-16(8-10-17)21(26)27/h2-13H,1H3,(H,23,25)(H,26,27). The van der Waals surface area contributed by atoms with E-state index in [1.807, 2.05) is 37.3 Å². The van der Waals surface area contributed by atoms with Crippen molar-refractivity contribution in [3.05, 3.63) is 83.5 Å². The lowest BCUT2D eigenvalue weighted by Gasteiger charge is -2.09. The Kier molecular flexibility index (Phi) is 5.22. The van der Waals surface area contributed by atoms with E-state index in [2.05, 4.69) is 15.3 Å². The third kappa shape index (κ3) is 4.41. The Morgan fingerprint density at radius 1 is 1.07 bits per heavy atom. The number of nitrogens with zero attached hydrogens (tertiary/aromatic N) is 2. The van der Waals surface area contributed by atoms with Gasteiger partial charge in [0.2, 0.25) is 5.06 Å². The van der Waals surface area contributed by atoms with Crippen molar-refractivity contribution in [1.29, 1.82) is 0 Å². The highest BCUT2D eigenvalue weighted by Gasteiger charge is 2.14. The summed E-state index contributed by atoms with van der Waals surface area (Å²) in [7, 11) is 0. The second-order valence-corrected chi connectivity index (χ2v) is 7.39. The van der Waals surface area contributed by atoms with Gasteiger partial charge in [0, 0.05) is 23.5 Å². The minimum atomic E-state index is -0.959. The maximum Gasteiger partial charge on any atom is 0.335 e. The number of aromatic nitrogens is 2. The zero-order valence-electron chi connectivity index (χ0n) is 15.5. The number of pyridine rings is 1. The van der Waals surface area contributed by atoms with E-state index >= 15 is 0 Å². The first-order chi connectivity index (χ1) is 14.1. The van der Waals surface area contributed by atoms with Gasteiger partial charge in [0.15, 0.2) is 0 Å². The molecule has 0 spiro atoms. The van der Waals surface area contributed by atoms with Crippen LogP contribution in [0.25, 0.3) is 11.3 Å². The van der Waals surface area contributed by atoms with Gasteiger partial charge in [-0.05, 0) is 37.3 Å². The van der Waals surface area contributed by atoms with Gasteiger partial charge in [0.25, 0.3) is 0 Å². The van der Waals surface area contributed by atoms with Gasteiger partial charge in [-0.2, -0.15) is 0 Å². The molecule has 0 unspecified atom stereocenters. The number of carbonyl (C=O) groups is 1. The van der Waals surface area contributed by atoms with Crippen molar-refractivity contribution in [2.24, 2.45) is 0 Å². The molecule has 0 fully saturated rings. The van der Waals surface area contributed by atoms with Crippen molar-refractivity contribution >= 4 is 28.8 Å². The second kappa shape index (κ2) is 8.12. The number of benzene rings is 2. The smallest absolute Gasteiger partial charge is 0.335 e. The Bertz CT molecular complexity index is 1140. The van der Waals surface area contributed by atoms with Gasteiger partial charge in [-0.25, -0.2) is 14.8 Å². The highest BCUT2D eigenvalue weighted by atomic mass is 32.1. The molecule has 6 nitrogen and oxygen atoms in total. The van der Waals surface area contributed by atoms with Gasteiger partial charge in [-0.1, -0.05) is 41.7 Å². The van der Waals surface area contributed by atoms with Crippen molar-refractivity contribution in [2.45, 2.75) is 6.92 Å². The number of ether oxygens (including phenoxy) is 1. The number of carboxylic acid groups (broad SMARTS) is 1. The summed E-state index contributed by atoms with van der Waals surface area (Å²) in [5.41, 5.74) is 2.77. The fraction of sp³-hybridized carbons (Fsp3) is 0.0455. The number of hydrogen-bond donors (Lipinski definition) is 2. The summed E-state index contributed by atoms with van der Waals surface area (Å²) in [6, 6.07) is 19.9. The lowest BCUT2D eigenvalue weighted by molar-refractivity contribution is 0.0697. The van der Waals surface area contributed by atoms with Crippen LogP contribution in [0, 0.1) is 6.92 Å². The van der Waals surface area contributed by atoms with E-state index < -0.39 is 5.97 Å². The molecule has 144 valence electrons. The summed E-state index contributed by atoms with van der Waals surface area (Å²) in [5.74, 6) is 0.262. The van der Waals surface area contributed by atoms with Crippen LogP contribution in [-0.2, 0) is 0 Å². The fourth-order valence-electron chi connectivity index (χ4n) is 2.75. The summed E-state index contributed by atoms with van der Waals surface area (Å²) in [6.07, 6.45) is 1.65. The maximum atomic E-state index is 11.0. The molecule has 4 aromatic rings. The Morgan fingerprint density at radius 3 is 2.55 bits per heavy atom. The van der Waals surface area contributed by atoms with E-state index in [1.165, 1.54) is 23.5 Å². The number of anilines is 2. The highest BCUT2D eigenvalue weighted by molar-refractivity contribution is 7.13. The van der Waals surface area contributed by atoms with Crippen molar-refractivity contribution in [1.82, 2.24) is 9.97 Å². The van der Waals surface area contributed by atoms with E-state index in [9.17, 15) is 4.79 Å². The maximum absolute atomic E-state index is 11.0. The molecule has 0 aliphatic rings. The average Bonchev–Trinajstić information content (AvgIpc) is 3.09. The molecule has 2 aromatic heterocycles. The monoisotopic (exact) mass is 403 g/mol. The highest BCUT2D eigenvalue weighted by Crippen LogP contribution is 2.38. The minimum absolute atomic E-state index is 0.231. The number of thiazole rings is 1. The molecule has 0 aliphatic carbocycles. The van der Waals surface area contributed by atoms with Crippen molar-refractivity contribution in [3.8, 4) is 22.1 Å². The molecule has 0 bridgehead atoms. The predicted octanol–water partition coefficient (Wildman–Crippen LogP) is 5.75. The van der Waals surface area contributed by atoms with Crippen LogP contribution in [0.3, 0.4) is 0 Å². The summed E-state index contributed by atoms with van der Waals surface area (Å²) in [5, 5.41) is 13.8. The second-order valence-electron chi connectivity index (χ2n) is 6.22. The molecule has 0 saturated carbocycles. The Hall–Kier alpha value is -3.71. The lowest BCUT2D eigenvalue weighted by atomic mass is 10.2. The molecule has 0 saturated heterocycles. The SMILES string of the molecule is Cc1nc(-c2ccccc2)c(Oc2ccnc(Nc3ccc(C(=O)O)cc3)c2)s1. The van der Waals surface area contributed by atoms with Crippen LogP contribution in [0.5, 0.6) is 10.8 Å². The zero-order chi connectivity index (χ0) is 20.2. The topological polar surface area (TPSA) is 84.3 Å². The fourth-order valence-corrected chi connectivity index (χ4v) is 3.55. The Balaban J connectivity index is 1.55. The third-order valence-electron chi connectivity index (χ3n) is 4.10. The lowest BCUT2D eigenvalue weighted by Crippen LogP contribution is -1.97. The van der Waals surface area contributed by atoms with Gasteiger partial charge in [-0.15, -0.1) is 0 Å². The first kappa shape index (κ1) is 18.6. The van der Waals surface area contributed by atoms with E-state index in [4.69, 9.17) is 9.84 Å². The van der Waals surface area contributed by atoms with Crippen LogP contribution in [0.4, 0.5) is 11.5 Å². The Labute approximate surface area is 171 Å². The quantitative estimate of drug-likeness (QED) is 0.427. The van der Waals surface area contributed by atoms with Gasteiger partial charge in [0.1, 0.15) is 17.3 Å². The molecule has 2 N–H and O–H groups in total. The molecule has 2 aromatic carbocycles. The van der Waals surface area contributed by atoms with E-state index in [-0.39, 0.29) is 5.56 Å².